The van der Waals surface area contributed by atoms with Crippen molar-refractivity contribution >= 4 is 17.3 Å². The van der Waals surface area contributed by atoms with Gasteiger partial charge < -0.3 is 25.8 Å². The lowest BCUT2D eigenvalue weighted by Gasteiger charge is -2.24. The summed E-state index contributed by atoms with van der Waals surface area (Å²) >= 11 is 0. The van der Waals surface area contributed by atoms with E-state index in [9.17, 15) is 4.79 Å². The Bertz CT molecular complexity index is 510. The second-order valence-corrected chi connectivity index (χ2v) is 5.90. The van der Waals surface area contributed by atoms with Crippen molar-refractivity contribution in [3.63, 3.8) is 0 Å². The van der Waals surface area contributed by atoms with Crippen molar-refractivity contribution in [3.8, 4) is 11.5 Å². The average molecular weight is 295 g/mol. The van der Waals surface area contributed by atoms with Crippen molar-refractivity contribution < 1.29 is 14.3 Å². The molecule has 1 atom stereocenters. The highest BCUT2D eigenvalue weighted by Gasteiger charge is 2.20. The number of methoxy groups -OCH3 is 2. The van der Waals surface area contributed by atoms with Gasteiger partial charge >= 0.3 is 0 Å². The first-order valence-corrected chi connectivity index (χ1v) is 6.78. The average Bonchev–Trinajstić information content (AvgIpc) is 2.38. The Morgan fingerprint density at radius 2 is 1.71 bits per heavy atom. The second kappa shape index (κ2) is 6.56. The van der Waals surface area contributed by atoms with E-state index < -0.39 is 6.04 Å². The number of nitrogen functional groups attached to an aromatic ring is 1. The first-order chi connectivity index (χ1) is 9.67. The van der Waals surface area contributed by atoms with Crippen molar-refractivity contribution in [1.82, 2.24) is 5.32 Å². The minimum atomic E-state index is -0.426. The maximum atomic E-state index is 12.1. The monoisotopic (exact) mass is 295 g/mol. The molecule has 1 unspecified atom stereocenters. The number of hydrogen-bond donors (Lipinski definition) is 3. The smallest absolute Gasteiger partial charge is 0.242 e. The van der Waals surface area contributed by atoms with Crippen LogP contribution in [0.1, 0.15) is 27.7 Å². The minimum absolute atomic E-state index is 0.100. The van der Waals surface area contributed by atoms with Crippen LogP contribution in [0.4, 0.5) is 11.4 Å². The molecular formula is C15H25N3O3. The van der Waals surface area contributed by atoms with Crippen molar-refractivity contribution in [1.29, 1.82) is 0 Å². The molecule has 0 spiro atoms. The van der Waals surface area contributed by atoms with E-state index in [0.717, 1.165) is 0 Å². The molecule has 1 amide bonds. The number of anilines is 2. The number of nitrogens with two attached hydrogens (primary N) is 1. The highest BCUT2D eigenvalue weighted by molar-refractivity contribution is 5.86. The Kier molecular flexibility index (Phi) is 5.29. The Labute approximate surface area is 126 Å². The van der Waals surface area contributed by atoms with Crippen LogP contribution >= 0.6 is 0 Å². The van der Waals surface area contributed by atoms with Gasteiger partial charge in [-0.2, -0.15) is 0 Å². The Hall–Kier alpha value is -2.11. The van der Waals surface area contributed by atoms with Gasteiger partial charge in [0.05, 0.1) is 25.6 Å². The van der Waals surface area contributed by atoms with Gasteiger partial charge in [0.25, 0.3) is 0 Å². The lowest BCUT2D eigenvalue weighted by atomic mass is 10.1. The molecule has 0 aliphatic rings. The summed E-state index contributed by atoms with van der Waals surface area (Å²) in [7, 11) is 3.09. The SMILES string of the molecule is COc1cc(N)c(NC(C)C(=O)NC(C)(C)C)cc1OC. The minimum Gasteiger partial charge on any atom is -0.493 e. The van der Waals surface area contributed by atoms with E-state index in [1.54, 1.807) is 33.3 Å². The van der Waals surface area contributed by atoms with Gasteiger partial charge in [0.15, 0.2) is 11.5 Å². The Balaban J connectivity index is 2.90. The molecule has 1 rings (SSSR count). The molecule has 0 aliphatic carbocycles. The van der Waals surface area contributed by atoms with Gasteiger partial charge in [-0.1, -0.05) is 0 Å². The first-order valence-electron chi connectivity index (χ1n) is 6.78. The van der Waals surface area contributed by atoms with Gasteiger partial charge in [-0.15, -0.1) is 0 Å². The summed E-state index contributed by atoms with van der Waals surface area (Å²) in [5.74, 6) is 1.00. The van der Waals surface area contributed by atoms with Crippen LogP contribution in [-0.4, -0.2) is 31.7 Å². The van der Waals surface area contributed by atoms with Crippen LogP contribution in [0.15, 0.2) is 12.1 Å². The van der Waals surface area contributed by atoms with Gasteiger partial charge in [-0.25, -0.2) is 0 Å². The van der Waals surface area contributed by atoms with Crippen LogP contribution in [0.2, 0.25) is 0 Å². The van der Waals surface area contributed by atoms with E-state index in [0.29, 0.717) is 22.9 Å². The van der Waals surface area contributed by atoms with Gasteiger partial charge in [0, 0.05) is 17.7 Å². The lowest BCUT2D eigenvalue weighted by molar-refractivity contribution is -0.122. The number of ether oxygens (including phenoxy) is 2. The number of nitrogens with one attached hydrogen (secondary N) is 2. The summed E-state index contributed by atoms with van der Waals surface area (Å²) in [5.41, 5.74) is 6.80. The van der Waals surface area contributed by atoms with Crippen molar-refractivity contribution in [2.24, 2.45) is 0 Å². The Morgan fingerprint density at radius 1 is 1.19 bits per heavy atom. The zero-order valence-corrected chi connectivity index (χ0v) is 13.5. The maximum Gasteiger partial charge on any atom is 0.242 e. The molecule has 6 nitrogen and oxygen atoms in total. The molecule has 0 radical (unpaired) electrons. The summed E-state index contributed by atoms with van der Waals surface area (Å²) in [6.07, 6.45) is 0. The zero-order chi connectivity index (χ0) is 16.2. The van der Waals surface area contributed by atoms with Gasteiger partial charge in [0.1, 0.15) is 6.04 Å². The number of hydrogen-bond acceptors (Lipinski definition) is 5. The first kappa shape index (κ1) is 16.9. The molecule has 1 aromatic rings. The summed E-state index contributed by atoms with van der Waals surface area (Å²) in [6, 6.07) is 2.95. The number of rotatable bonds is 5. The fraction of sp³-hybridized carbons (Fsp3) is 0.533. The maximum absolute atomic E-state index is 12.1. The normalized spacial score (nSPS) is 12.5. The zero-order valence-electron chi connectivity index (χ0n) is 13.5. The Morgan fingerprint density at radius 3 is 2.19 bits per heavy atom. The van der Waals surface area contributed by atoms with E-state index in [4.69, 9.17) is 15.2 Å². The molecule has 0 bridgehead atoms. The summed E-state index contributed by atoms with van der Waals surface area (Å²) in [6.45, 7) is 7.57. The third kappa shape index (κ3) is 4.73. The molecule has 118 valence electrons. The standard InChI is InChI=1S/C15H25N3O3/c1-9(14(19)18-15(2,3)4)17-11-8-13(21-6)12(20-5)7-10(11)16/h7-9,17H,16H2,1-6H3,(H,18,19). The number of carbonyl (C=O) groups excluding carboxylic acids is 1. The van der Waals surface area contributed by atoms with Crippen LogP contribution in [0.3, 0.4) is 0 Å². The van der Waals surface area contributed by atoms with Crippen LogP contribution in [0, 0.1) is 0 Å². The molecule has 0 aliphatic heterocycles. The van der Waals surface area contributed by atoms with Crippen LogP contribution < -0.4 is 25.8 Å². The fourth-order valence-corrected chi connectivity index (χ4v) is 1.80. The number of amides is 1. The van der Waals surface area contributed by atoms with E-state index in [2.05, 4.69) is 10.6 Å². The number of carbonyl (C=O) groups is 1. The predicted octanol–water partition coefficient (Wildman–Crippen LogP) is 2.00. The van der Waals surface area contributed by atoms with E-state index in [-0.39, 0.29) is 11.4 Å². The van der Waals surface area contributed by atoms with Crippen LogP contribution in [0.25, 0.3) is 0 Å². The molecule has 0 heterocycles. The summed E-state index contributed by atoms with van der Waals surface area (Å²) in [4.78, 5) is 12.1. The van der Waals surface area contributed by atoms with Gasteiger partial charge in [0.2, 0.25) is 5.91 Å². The van der Waals surface area contributed by atoms with Crippen LogP contribution in [-0.2, 0) is 4.79 Å². The van der Waals surface area contributed by atoms with Crippen molar-refractivity contribution in [2.45, 2.75) is 39.3 Å². The molecule has 4 N–H and O–H groups in total. The second-order valence-electron chi connectivity index (χ2n) is 5.90. The fourth-order valence-electron chi connectivity index (χ4n) is 1.80. The van der Waals surface area contributed by atoms with Gasteiger partial charge in [-0.3, -0.25) is 4.79 Å². The summed E-state index contributed by atoms with van der Waals surface area (Å²) < 4.78 is 10.4. The van der Waals surface area contributed by atoms with E-state index in [1.807, 2.05) is 20.8 Å². The third-order valence-corrected chi connectivity index (χ3v) is 2.82. The molecule has 6 heteroatoms. The van der Waals surface area contributed by atoms with Crippen molar-refractivity contribution in [2.75, 3.05) is 25.3 Å². The molecule has 0 aromatic heterocycles. The molecule has 0 fully saturated rings. The molecular weight excluding hydrogens is 270 g/mol. The molecule has 1 aromatic carbocycles. The van der Waals surface area contributed by atoms with E-state index in [1.165, 1.54) is 0 Å². The molecule has 21 heavy (non-hydrogen) atoms. The lowest BCUT2D eigenvalue weighted by Crippen LogP contribution is -2.47. The highest BCUT2D eigenvalue weighted by atomic mass is 16.5. The van der Waals surface area contributed by atoms with E-state index >= 15 is 0 Å². The van der Waals surface area contributed by atoms with Crippen LogP contribution in [0.5, 0.6) is 11.5 Å². The molecule has 0 saturated heterocycles. The molecule has 0 saturated carbocycles. The number of benzene rings is 1. The highest BCUT2D eigenvalue weighted by Crippen LogP contribution is 2.35. The summed E-state index contributed by atoms with van der Waals surface area (Å²) in [5, 5.41) is 6.00. The predicted molar refractivity (Wildman–Crippen MR) is 84.9 cm³/mol. The third-order valence-electron chi connectivity index (χ3n) is 2.82. The van der Waals surface area contributed by atoms with Gasteiger partial charge in [-0.05, 0) is 27.7 Å². The van der Waals surface area contributed by atoms with Crippen molar-refractivity contribution in [3.05, 3.63) is 12.1 Å². The largest absolute Gasteiger partial charge is 0.493 e. The quantitative estimate of drug-likeness (QED) is 0.723. The topological polar surface area (TPSA) is 85.6 Å².